The van der Waals surface area contributed by atoms with Gasteiger partial charge in [-0.05, 0) is 39.5 Å². The third kappa shape index (κ3) is 2.90. The number of thioether (sulfide) groups is 1. The Labute approximate surface area is 111 Å². The molecule has 0 aromatic heterocycles. The summed E-state index contributed by atoms with van der Waals surface area (Å²) >= 11 is 1.98. The first-order valence-corrected chi connectivity index (χ1v) is 7.47. The Morgan fingerprint density at radius 3 is 1.76 bits per heavy atom. The van der Waals surface area contributed by atoms with Gasteiger partial charge in [0.2, 0.25) is 0 Å². The van der Waals surface area contributed by atoms with E-state index >= 15 is 0 Å². The average molecular weight is 253 g/mol. The molecule has 2 heteroatoms. The maximum Gasteiger partial charge on any atom is 0.0306 e. The first-order chi connectivity index (χ1) is 7.77. The van der Waals surface area contributed by atoms with Crippen LogP contribution in [0.2, 0.25) is 0 Å². The summed E-state index contributed by atoms with van der Waals surface area (Å²) in [6.45, 7) is 18.3. The van der Waals surface area contributed by atoms with Crippen molar-refractivity contribution in [2.45, 2.75) is 61.4 Å². The summed E-state index contributed by atoms with van der Waals surface area (Å²) in [5.74, 6) is 1.20. The first kappa shape index (κ1) is 14.7. The van der Waals surface area contributed by atoms with Gasteiger partial charge in [-0.25, -0.2) is 0 Å². The van der Waals surface area contributed by atoms with Gasteiger partial charge in [-0.1, -0.05) is 39.5 Å². The third-order valence-corrected chi connectivity index (χ3v) is 4.74. The van der Waals surface area contributed by atoms with Crippen molar-refractivity contribution >= 4 is 11.8 Å². The predicted molar refractivity (Wildman–Crippen MR) is 79.6 cm³/mol. The van der Waals surface area contributed by atoms with Crippen LogP contribution in [0, 0.1) is 11.8 Å². The van der Waals surface area contributed by atoms with Gasteiger partial charge >= 0.3 is 0 Å². The summed E-state index contributed by atoms with van der Waals surface area (Å²) in [7, 11) is 0. The lowest BCUT2D eigenvalue weighted by Gasteiger charge is -2.41. The summed E-state index contributed by atoms with van der Waals surface area (Å²) in [6, 6.07) is 0.539. The molecule has 0 unspecified atom stereocenters. The maximum atomic E-state index is 2.53. The van der Waals surface area contributed by atoms with E-state index in [1.54, 1.807) is 4.91 Å². The van der Waals surface area contributed by atoms with Crippen molar-refractivity contribution in [2.24, 2.45) is 11.8 Å². The van der Waals surface area contributed by atoms with Crippen molar-refractivity contribution in [1.82, 2.24) is 4.90 Å². The monoisotopic (exact) mass is 253 g/mol. The van der Waals surface area contributed by atoms with Crippen LogP contribution in [0.4, 0.5) is 0 Å². The Morgan fingerprint density at radius 1 is 0.882 bits per heavy atom. The van der Waals surface area contributed by atoms with Crippen LogP contribution in [0.15, 0.2) is 21.2 Å². The topological polar surface area (TPSA) is 3.24 Å². The second-order valence-corrected chi connectivity index (χ2v) is 7.02. The van der Waals surface area contributed by atoms with Gasteiger partial charge in [0.05, 0.1) is 0 Å². The Balaban J connectivity index is 3.31. The zero-order chi connectivity index (χ0) is 13.3. The average Bonchev–Trinajstić information content (AvgIpc) is 2.19. The highest BCUT2D eigenvalue weighted by Gasteiger charge is 2.28. The largest absolute Gasteiger partial charge is 0.345 e. The third-order valence-electron chi connectivity index (χ3n) is 3.23. The lowest BCUT2D eigenvalue weighted by atomic mass is 10.0. The normalized spacial score (nSPS) is 18.2. The van der Waals surface area contributed by atoms with Crippen LogP contribution in [-0.4, -0.2) is 10.9 Å². The number of allylic oxidation sites excluding steroid dienone is 4. The molecule has 1 aliphatic heterocycles. The first-order valence-electron chi connectivity index (χ1n) is 6.66. The number of nitrogens with zero attached hydrogens (tertiary/aromatic N) is 1. The molecule has 98 valence electrons. The van der Waals surface area contributed by atoms with Gasteiger partial charge < -0.3 is 4.90 Å². The Bertz CT molecular complexity index is 348. The fraction of sp³-hybridized carbons (Fsp3) is 0.733. The van der Waals surface area contributed by atoms with Crippen LogP contribution >= 0.6 is 11.8 Å². The second kappa shape index (κ2) is 5.51. The molecular formula is C15H27NS. The summed E-state index contributed by atoms with van der Waals surface area (Å²) in [6.07, 6.45) is 0. The van der Waals surface area contributed by atoms with Crippen molar-refractivity contribution in [3.8, 4) is 0 Å². The fourth-order valence-corrected chi connectivity index (χ4v) is 3.65. The molecular weight excluding hydrogens is 226 g/mol. The summed E-state index contributed by atoms with van der Waals surface area (Å²) in [5.41, 5.74) is 2.96. The van der Waals surface area contributed by atoms with E-state index in [-0.39, 0.29) is 0 Å². The smallest absolute Gasteiger partial charge is 0.0306 e. The SMILES string of the molecule is CC1=C(C)N(C(C)C)C(C(C)C)=C(C(C)C)S1. The van der Waals surface area contributed by atoms with Crippen LogP contribution in [-0.2, 0) is 0 Å². The molecule has 0 aromatic rings. The van der Waals surface area contributed by atoms with E-state index in [9.17, 15) is 0 Å². The van der Waals surface area contributed by atoms with E-state index in [0.717, 1.165) is 0 Å². The van der Waals surface area contributed by atoms with Gasteiger partial charge in [0.15, 0.2) is 0 Å². The molecule has 0 N–H and O–H groups in total. The van der Waals surface area contributed by atoms with E-state index in [0.29, 0.717) is 17.9 Å². The quantitative estimate of drug-likeness (QED) is 0.678. The zero-order valence-electron chi connectivity index (χ0n) is 12.6. The predicted octanol–water partition coefficient (Wildman–Crippen LogP) is 5.22. The number of hydrogen-bond donors (Lipinski definition) is 0. The summed E-state index contributed by atoms with van der Waals surface area (Å²) in [5, 5.41) is 0. The molecule has 0 fully saturated rings. The molecule has 0 saturated heterocycles. The number of rotatable bonds is 3. The van der Waals surface area contributed by atoms with Crippen LogP contribution in [0.3, 0.4) is 0 Å². The standard InChI is InChI=1S/C15H27NS/c1-9(2)14-15(10(3)4)17-13(8)12(7)16(14)11(5)6/h9-11H,1-8H3. The van der Waals surface area contributed by atoms with Gasteiger partial charge in [0.25, 0.3) is 0 Å². The molecule has 1 aliphatic rings. The van der Waals surface area contributed by atoms with Crippen molar-refractivity contribution < 1.29 is 0 Å². The minimum Gasteiger partial charge on any atom is -0.345 e. The van der Waals surface area contributed by atoms with Crippen molar-refractivity contribution in [1.29, 1.82) is 0 Å². The van der Waals surface area contributed by atoms with Gasteiger partial charge in [0, 0.05) is 27.2 Å². The molecule has 1 rings (SSSR count). The zero-order valence-corrected chi connectivity index (χ0v) is 13.4. The van der Waals surface area contributed by atoms with Crippen LogP contribution in [0.25, 0.3) is 0 Å². The Hall–Kier alpha value is -0.370. The van der Waals surface area contributed by atoms with Crippen LogP contribution < -0.4 is 0 Å². The molecule has 0 amide bonds. The molecule has 0 bridgehead atoms. The van der Waals surface area contributed by atoms with E-state index in [2.05, 4.69) is 60.3 Å². The van der Waals surface area contributed by atoms with E-state index in [1.807, 2.05) is 11.8 Å². The minimum atomic E-state index is 0.539. The summed E-state index contributed by atoms with van der Waals surface area (Å²) < 4.78 is 0. The fourth-order valence-electron chi connectivity index (χ4n) is 2.40. The molecule has 1 heterocycles. The maximum absolute atomic E-state index is 2.53. The Kier molecular flexibility index (Phi) is 4.77. The molecule has 0 aliphatic carbocycles. The van der Waals surface area contributed by atoms with Crippen LogP contribution in [0.1, 0.15) is 55.4 Å². The van der Waals surface area contributed by atoms with E-state index in [4.69, 9.17) is 0 Å². The Morgan fingerprint density at radius 2 is 1.41 bits per heavy atom. The van der Waals surface area contributed by atoms with Crippen molar-refractivity contribution in [3.63, 3.8) is 0 Å². The molecule has 0 radical (unpaired) electrons. The van der Waals surface area contributed by atoms with Gasteiger partial charge in [-0.3, -0.25) is 0 Å². The van der Waals surface area contributed by atoms with E-state index < -0.39 is 0 Å². The highest BCUT2D eigenvalue weighted by Crippen LogP contribution is 2.44. The highest BCUT2D eigenvalue weighted by molar-refractivity contribution is 8.06. The number of hydrogen-bond acceptors (Lipinski definition) is 2. The lowest BCUT2D eigenvalue weighted by Crippen LogP contribution is -2.34. The molecule has 17 heavy (non-hydrogen) atoms. The summed E-state index contributed by atoms with van der Waals surface area (Å²) in [4.78, 5) is 5.54. The van der Waals surface area contributed by atoms with E-state index in [1.165, 1.54) is 16.3 Å². The highest BCUT2D eigenvalue weighted by atomic mass is 32.2. The van der Waals surface area contributed by atoms with Gasteiger partial charge in [-0.15, -0.1) is 0 Å². The molecule has 0 spiro atoms. The van der Waals surface area contributed by atoms with Crippen molar-refractivity contribution in [3.05, 3.63) is 21.2 Å². The molecule has 0 atom stereocenters. The molecule has 1 nitrogen and oxygen atoms in total. The van der Waals surface area contributed by atoms with Crippen molar-refractivity contribution in [2.75, 3.05) is 0 Å². The minimum absolute atomic E-state index is 0.539. The molecule has 0 aromatic carbocycles. The lowest BCUT2D eigenvalue weighted by molar-refractivity contribution is 0.314. The molecule has 0 saturated carbocycles. The second-order valence-electron chi connectivity index (χ2n) is 5.77. The van der Waals surface area contributed by atoms with Gasteiger partial charge in [0.1, 0.15) is 0 Å². The van der Waals surface area contributed by atoms with Gasteiger partial charge in [-0.2, -0.15) is 0 Å². The van der Waals surface area contributed by atoms with Crippen LogP contribution in [0.5, 0.6) is 0 Å².